The highest BCUT2D eigenvalue weighted by Gasteiger charge is 2.32. The summed E-state index contributed by atoms with van der Waals surface area (Å²) in [5.74, 6) is -1.46. The maximum absolute atomic E-state index is 13.6. The average Bonchev–Trinajstić information content (AvgIpc) is 2.87. The van der Waals surface area contributed by atoms with E-state index < -0.39 is 34.3 Å². The lowest BCUT2D eigenvalue weighted by atomic mass is 10.1. The van der Waals surface area contributed by atoms with Crippen LogP contribution >= 0.6 is 0 Å². The molecule has 3 aromatic carbocycles. The summed E-state index contributed by atoms with van der Waals surface area (Å²) in [6.07, 6.45) is 0. The Hall–Kier alpha value is -3.72. The molecule has 3 rings (SSSR count). The van der Waals surface area contributed by atoms with Gasteiger partial charge in [0.05, 0.1) is 10.6 Å². The highest BCUT2D eigenvalue weighted by molar-refractivity contribution is 7.92. The van der Waals surface area contributed by atoms with Crippen LogP contribution in [0, 0.1) is 5.82 Å². The van der Waals surface area contributed by atoms with Crippen molar-refractivity contribution in [2.24, 2.45) is 0 Å². The van der Waals surface area contributed by atoms with E-state index in [4.69, 9.17) is 0 Å². The molecule has 0 fully saturated rings. The SMILES string of the molecule is CCNC(=O)C(C)N(Cc1ccccc1)C(=O)CN(c1ccc(F)cc1)S(=O)(=O)c1ccccc1. The number of carbonyl (C=O) groups is 2. The van der Waals surface area contributed by atoms with E-state index in [1.807, 2.05) is 30.3 Å². The summed E-state index contributed by atoms with van der Waals surface area (Å²) in [7, 11) is -4.16. The molecular formula is C26H28FN3O4S. The minimum atomic E-state index is -4.16. The number of halogens is 1. The van der Waals surface area contributed by atoms with Crippen molar-refractivity contribution in [3.8, 4) is 0 Å². The van der Waals surface area contributed by atoms with Gasteiger partial charge in [-0.3, -0.25) is 13.9 Å². The molecule has 0 aliphatic heterocycles. The molecule has 0 saturated carbocycles. The first-order valence-electron chi connectivity index (χ1n) is 11.2. The van der Waals surface area contributed by atoms with Crippen LogP contribution in [-0.2, 0) is 26.2 Å². The number of sulfonamides is 1. The zero-order chi connectivity index (χ0) is 25.4. The van der Waals surface area contributed by atoms with Crippen LogP contribution in [0.1, 0.15) is 19.4 Å². The fourth-order valence-corrected chi connectivity index (χ4v) is 4.98. The van der Waals surface area contributed by atoms with Crippen LogP contribution in [0.15, 0.2) is 89.8 Å². The molecule has 0 bridgehead atoms. The molecule has 0 heterocycles. The van der Waals surface area contributed by atoms with E-state index in [0.29, 0.717) is 6.54 Å². The number of benzene rings is 3. The first kappa shape index (κ1) is 25.9. The first-order chi connectivity index (χ1) is 16.7. The fourth-order valence-electron chi connectivity index (χ4n) is 3.54. The topological polar surface area (TPSA) is 86.8 Å². The highest BCUT2D eigenvalue weighted by Crippen LogP contribution is 2.24. The molecule has 0 aromatic heterocycles. The minimum absolute atomic E-state index is 0.0106. The van der Waals surface area contributed by atoms with Crippen molar-refractivity contribution in [1.82, 2.24) is 10.2 Å². The second-order valence-electron chi connectivity index (χ2n) is 7.88. The van der Waals surface area contributed by atoms with Gasteiger partial charge in [0, 0.05) is 13.1 Å². The van der Waals surface area contributed by atoms with Gasteiger partial charge in [-0.25, -0.2) is 12.8 Å². The van der Waals surface area contributed by atoms with Gasteiger partial charge in [-0.05, 0) is 55.8 Å². The number of hydrogen-bond donors (Lipinski definition) is 1. The summed E-state index contributed by atoms with van der Waals surface area (Å²) in [5.41, 5.74) is 0.921. The van der Waals surface area contributed by atoms with Gasteiger partial charge in [0.2, 0.25) is 11.8 Å². The van der Waals surface area contributed by atoms with Crippen molar-refractivity contribution >= 4 is 27.5 Å². The third-order valence-corrected chi connectivity index (χ3v) is 7.23. The van der Waals surface area contributed by atoms with Gasteiger partial charge >= 0.3 is 0 Å². The molecule has 1 atom stereocenters. The fraction of sp³-hybridized carbons (Fsp3) is 0.231. The molecule has 0 spiro atoms. The van der Waals surface area contributed by atoms with Gasteiger partial charge in [0.25, 0.3) is 10.0 Å². The number of likely N-dealkylation sites (N-methyl/N-ethyl adjacent to an activating group) is 1. The zero-order valence-electron chi connectivity index (χ0n) is 19.6. The van der Waals surface area contributed by atoms with Crippen LogP contribution in [0.4, 0.5) is 10.1 Å². The molecule has 9 heteroatoms. The monoisotopic (exact) mass is 497 g/mol. The van der Waals surface area contributed by atoms with Crippen LogP contribution in [0.5, 0.6) is 0 Å². The van der Waals surface area contributed by atoms with Crippen LogP contribution < -0.4 is 9.62 Å². The molecule has 184 valence electrons. The summed E-state index contributed by atoms with van der Waals surface area (Å²) in [6, 6.07) is 20.8. The quantitative estimate of drug-likeness (QED) is 0.464. The van der Waals surface area contributed by atoms with Gasteiger partial charge in [-0.15, -0.1) is 0 Å². The molecule has 1 unspecified atom stereocenters. The summed E-state index contributed by atoms with van der Waals surface area (Å²) < 4.78 is 41.6. The van der Waals surface area contributed by atoms with E-state index >= 15 is 0 Å². The minimum Gasteiger partial charge on any atom is -0.355 e. The van der Waals surface area contributed by atoms with Crippen molar-refractivity contribution in [2.45, 2.75) is 31.3 Å². The molecule has 3 aromatic rings. The number of anilines is 1. The number of rotatable bonds is 10. The maximum Gasteiger partial charge on any atom is 0.264 e. The molecule has 7 nitrogen and oxygen atoms in total. The lowest BCUT2D eigenvalue weighted by Gasteiger charge is -2.32. The third kappa shape index (κ3) is 6.45. The maximum atomic E-state index is 13.6. The first-order valence-corrected chi connectivity index (χ1v) is 12.6. The average molecular weight is 498 g/mol. The predicted molar refractivity (Wildman–Crippen MR) is 133 cm³/mol. The van der Waals surface area contributed by atoms with E-state index in [0.717, 1.165) is 22.0 Å². The third-order valence-electron chi connectivity index (χ3n) is 5.44. The number of amides is 2. The summed E-state index contributed by atoms with van der Waals surface area (Å²) in [6.45, 7) is 3.30. The van der Waals surface area contributed by atoms with E-state index in [9.17, 15) is 22.4 Å². The van der Waals surface area contributed by atoms with Gasteiger partial charge in [0.1, 0.15) is 18.4 Å². The Bertz CT molecular complexity index is 1240. The van der Waals surface area contributed by atoms with E-state index in [1.54, 1.807) is 32.0 Å². The van der Waals surface area contributed by atoms with Crippen molar-refractivity contribution < 1.29 is 22.4 Å². The zero-order valence-corrected chi connectivity index (χ0v) is 20.4. The van der Waals surface area contributed by atoms with Gasteiger partial charge in [-0.2, -0.15) is 0 Å². The van der Waals surface area contributed by atoms with E-state index in [1.165, 1.54) is 29.2 Å². The Balaban J connectivity index is 2.00. The van der Waals surface area contributed by atoms with Crippen LogP contribution in [0.25, 0.3) is 0 Å². The normalized spacial score (nSPS) is 12.0. The number of nitrogens with zero attached hydrogens (tertiary/aromatic N) is 2. The molecule has 0 aliphatic rings. The van der Waals surface area contributed by atoms with Crippen molar-refractivity contribution in [2.75, 3.05) is 17.4 Å². The molecule has 2 amide bonds. The molecule has 35 heavy (non-hydrogen) atoms. The Morgan fingerprint density at radius 2 is 1.49 bits per heavy atom. The smallest absolute Gasteiger partial charge is 0.264 e. The molecule has 1 N–H and O–H groups in total. The van der Waals surface area contributed by atoms with Gasteiger partial charge in [0.15, 0.2) is 0 Å². The molecule has 0 saturated heterocycles. The summed E-state index contributed by atoms with van der Waals surface area (Å²) in [4.78, 5) is 27.5. The lowest BCUT2D eigenvalue weighted by Crippen LogP contribution is -2.51. The van der Waals surface area contributed by atoms with Crippen LogP contribution in [-0.4, -0.2) is 44.3 Å². The standard InChI is InChI=1S/C26H28FN3O4S/c1-3-28-26(32)20(2)29(18-21-10-6-4-7-11-21)25(31)19-30(23-16-14-22(27)15-17-23)35(33,34)24-12-8-5-9-13-24/h4-17,20H,3,18-19H2,1-2H3,(H,28,32). The van der Waals surface area contributed by atoms with Crippen molar-refractivity contribution in [3.05, 3.63) is 96.3 Å². The Kier molecular flexibility index (Phi) is 8.59. The van der Waals surface area contributed by atoms with Crippen LogP contribution in [0.2, 0.25) is 0 Å². The lowest BCUT2D eigenvalue weighted by molar-refractivity contribution is -0.139. The Morgan fingerprint density at radius 3 is 2.06 bits per heavy atom. The Morgan fingerprint density at radius 1 is 0.914 bits per heavy atom. The second-order valence-corrected chi connectivity index (χ2v) is 9.74. The van der Waals surface area contributed by atoms with E-state index in [-0.39, 0.29) is 23.0 Å². The van der Waals surface area contributed by atoms with Crippen molar-refractivity contribution in [1.29, 1.82) is 0 Å². The van der Waals surface area contributed by atoms with E-state index in [2.05, 4.69) is 5.32 Å². The van der Waals surface area contributed by atoms with Crippen molar-refractivity contribution in [3.63, 3.8) is 0 Å². The summed E-state index contributed by atoms with van der Waals surface area (Å²) in [5, 5.41) is 2.71. The van der Waals surface area contributed by atoms with Gasteiger partial charge in [-0.1, -0.05) is 48.5 Å². The molecule has 0 aliphatic carbocycles. The molecular weight excluding hydrogens is 469 g/mol. The number of hydrogen-bond acceptors (Lipinski definition) is 4. The predicted octanol–water partition coefficient (Wildman–Crippen LogP) is 3.57. The van der Waals surface area contributed by atoms with Gasteiger partial charge < -0.3 is 10.2 Å². The highest BCUT2D eigenvalue weighted by atomic mass is 32.2. The summed E-state index contributed by atoms with van der Waals surface area (Å²) >= 11 is 0. The number of nitrogens with one attached hydrogen (secondary N) is 1. The van der Waals surface area contributed by atoms with Crippen LogP contribution in [0.3, 0.4) is 0 Å². The largest absolute Gasteiger partial charge is 0.355 e. The molecule has 0 radical (unpaired) electrons. The second kappa shape index (κ2) is 11.6. The Labute approximate surface area is 205 Å². The number of carbonyl (C=O) groups excluding carboxylic acids is 2.